The Morgan fingerprint density at radius 2 is 2.24 bits per heavy atom. The average Bonchev–Trinajstić information content (AvgIpc) is 2.65. The van der Waals surface area contributed by atoms with Crippen molar-refractivity contribution >= 4 is 28.7 Å². The van der Waals surface area contributed by atoms with Crippen LogP contribution in [-0.4, -0.2) is 49.5 Å². The highest BCUT2D eigenvalue weighted by Gasteiger charge is 2.57. The first-order valence-corrected chi connectivity index (χ1v) is 7.05. The topological polar surface area (TPSA) is 125 Å². The zero-order valence-corrected chi connectivity index (χ0v) is 12.6. The molecule has 0 amide bonds. The number of halogens is 2. The molecule has 1 fully saturated rings. The maximum absolute atomic E-state index is 14.2. The van der Waals surface area contributed by atoms with Gasteiger partial charge in [0.2, 0.25) is 0 Å². The molecule has 1 aliphatic rings. The summed E-state index contributed by atoms with van der Waals surface area (Å²) in [6.07, 6.45) is -2.96. The molecule has 10 heteroatoms. The summed E-state index contributed by atoms with van der Waals surface area (Å²) >= 11 is 1.85. The van der Waals surface area contributed by atoms with Crippen LogP contribution >= 0.6 is 22.6 Å². The van der Waals surface area contributed by atoms with Gasteiger partial charge in [-0.2, -0.15) is 0 Å². The lowest BCUT2D eigenvalue weighted by Crippen LogP contribution is -2.46. The van der Waals surface area contributed by atoms with Crippen LogP contribution in [0.15, 0.2) is 19.9 Å². The average molecular weight is 410 g/mol. The number of rotatable bonds is 3. The SMILES string of the molecule is O=c1[nH]c(=O)n([C@@H]2O[C@H](CO)[C@@H](O)[C@]2(O)F)cc1/C=C/[123I]. The van der Waals surface area contributed by atoms with Gasteiger partial charge in [0.25, 0.3) is 11.4 Å². The van der Waals surface area contributed by atoms with Crippen LogP contribution in [0.3, 0.4) is 0 Å². The van der Waals surface area contributed by atoms with Crippen molar-refractivity contribution in [3.8, 4) is 0 Å². The fourth-order valence-corrected chi connectivity index (χ4v) is 2.39. The van der Waals surface area contributed by atoms with E-state index in [0.717, 1.165) is 6.20 Å². The molecule has 1 saturated heterocycles. The second-order valence-corrected chi connectivity index (χ2v) is 5.14. The Morgan fingerprint density at radius 3 is 2.76 bits per heavy atom. The third kappa shape index (κ3) is 2.81. The lowest BCUT2D eigenvalue weighted by Gasteiger charge is -2.23. The molecule has 0 aromatic carbocycles. The first kappa shape index (κ1) is 16.3. The van der Waals surface area contributed by atoms with Crippen molar-refractivity contribution in [2.24, 2.45) is 0 Å². The molecular weight excluding hydrogens is 398 g/mol. The molecule has 1 aromatic rings. The van der Waals surface area contributed by atoms with Crippen molar-refractivity contribution in [1.29, 1.82) is 0 Å². The molecule has 116 valence electrons. The fraction of sp³-hybridized carbons (Fsp3) is 0.455. The molecule has 8 nitrogen and oxygen atoms in total. The van der Waals surface area contributed by atoms with E-state index >= 15 is 0 Å². The number of nitrogens with one attached hydrogen (secondary N) is 1. The van der Waals surface area contributed by atoms with E-state index in [9.17, 15) is 24.2 Å². The number of aliphatic hydroxyl groups excluding tert-OH is 2. The van der Waals surface area contributed by atoms with Gasteiger partial charge in [-0.15, -0.1) is 0 Å². The lowest BCUT2D eigenvalue weighted by molar-refractivity contribution is -0.197. The standard InChI is InChI=1S/C11H12FIN2O6/c12-11(20)7(17)6(4-16)21-9(11)15-3-5(1-2-13)8(18)14-10(15)19/h1-3,6-7,9,16-17,20H,4H2,(H,14,18,19)/b2-1+/t6-,7-,9-,11-/m1/s1/i13-4. The van der Waals surface area contributed by atoms with E-state index in [1.54, 1.807) is 0 Å². The summed E-state index contributed by atoms with van der Waals surface area (Å²) in [6.45, 7) is -0.748. The van der Waals surface area contributed by atoms with E-state index in [1.807, 2.05) is 27.6 Å². The van der Waals surface area contributed by atoms with Crippen LogP contribution in [-0.2, 0) is 4.74 Å². The maximum Gasteiger partial charge on any atom is 0.330 e. The van der Waals surface area contributed by atoms with Gasteiger partial charge in [0, 0.05) is 6.20 Å². The largest absolute Gasteiger partial charge is 0.394 e. The van der Waals surface area contributed by atoms with Crippen molar-refractivity contribution in [2.75, 3.05) is 6.61 Å². The molecule has 0 spiro atoms. The second kappa shape index (κ2) is 5.96. The molecule has 0 unspecified atom stereocenters. The van der Waals surface area contributed by atoms with Gasteiger partial charge in [-0.25, -0.2) is 9.18 Å². The molecule has 0 aliphatic carbocycles. The zero-order valence-electron chi connectivity index (χ0n) is 10.4. The minimum Gasteiger partial charge on any atom is -0.394 e. The predicted molar refractivity (Wildman–Crippen MR) is 77.4 cm³/mol. The Hall–Kier alpha value is -1.08. The van der Waals surface area contributed by atoms with E-state index in [1.165, 1.54) is 10.2 Å². The normalized spacial score (nSPS) is 32.9. The molecule has 2 rings (SSSR count). The molecule has 2 heterocycles. The molecule has 21 heavy (non-hydrogen) atoms. The smallest absolute Gasteiger partial charge is 0.330 e. The minimum absolute atomic E-state index is 0.0327. The summed E-state index contributed by atoms with van der Waals surface area (Å²) in [4.78, 5) is 25.2. The summed E-state index contributed by atoms with van der Waals surface area (Å²) in [7, 11) is 0. The lowest BCUT2D eigenvalue weighted by atomic mass is 10.1. The van der Waals surface area contributed by atoms with E-state index in [0.29, 0.717) is 4.57 Å². The summed E-state index contributed by atoms with van der Waals surface area (Å²) in [5.74, 6) is -3.29. The molecule has 1 aromatic heterocycles. The summed E-state index contributed by atoms with van der Waals surface area (Å²) in [5, 5.41) is 28.2. The highest BCUT2D eigenvalue weighted by Crippen LogP contribution is 2.38. The molecular formula is C11H12FIN2O6. The number of nitrogens with zero attached hydrogens (tertiary/aromatic N) is 1. The first-order valence-electron chi connectivity index (χ1n) is 5.80. The molecule has 0 saturated carbocycles. The summed E-state index contributed by atoms with van der Waals surface area (Å²) in [6, 6.07) is 0. The van der Waals surface area contributed by atoms with Gasteiger partial charge in [-0.3, -0.25) is 14.3 Å². The zero-order chi connectivity index (χ0) is 15.8. The summed E-state index contributed by atoms with van der Waals surface area (Å²) in [5.41, 5.74) is -1.67. The highest BCUT2D eigenvalue weighted by molar-refractivity contribution is 14.1. The number of alkyl halides is 1. The van der Waals surface area contributed by atoms with E-state index < -0.39 is 42.1 Å². The van der Waals surface area contributed by atoms with Crippen LogP contribution in [0.25, 0.3) is 6.08 Å². The van der Waals surface area contributed by atoms with Gasteiger partial charge in [0.05, 0.1) is 12.2 Å². The Bertz CT molecular complexity index is 669. The quantitative estimate of drug-likeness (QED) is 0.467. The van der Waals surface area contributed by atoms with Crippen molar-refractivity contribution in [1.82, 2.24) is 9.55 Å². The van der Waals surface area contributed by atoms with Crippen LogP contribution in [0.4, 0.5) is 4.39 Å². The second-order valence-electron chi connectivity index (χ2n) is 4.43. The van der Waals surface area contributed by atoms with Gasteiger partial charge in [0.1, 0.15) is 12.2 Å². The van der Waals surface area contributed by atoms with Crippen LogP contribution in [0.5, 0.6) is 0 Å². The number of hydrogen-bond donors (Lipinski definition) is 4. The van der Waals surface area contributed by atoms with Crippen molar-refractivity contribution < 1.29 is 24.4 Å². The summed E-state index contributed by atoms with van der Waals surface area (Å²) < 4.78 is 21.3. The maximum atomic E-state index is 14.2. The van der Waals surface area contributed by atoms with E-state index in [4.69, 9.17) is 9.84 Å². The van der Waals surface area contributed by atoms with Gasteiger partial charge in [0.15, 0.2) is 6.23 Å². The van der Waals surface area contributed by atoms with Crippen LogP contribution in [0.2, 0.25) is 0 Å². The molecule has 0 bridgehead atoms. The number of H-pyrrole nitrogens is 1. The predicted octanol–water partition coefficient (Wildman–Crippen LogP) is -1.15. The Labute approximate surface area is 130 Å². The van der Waals surface area contributed by atoms with Gasteiger partial charge >= 0.3 is 5.69 Å². The number of hydrogen-bond acceptors (Lipinski definition) is 6. The van der Waals surface area contributed by atoms with Gasteiger partial charge < -0.3 is 20.1 Å². The number of aromatic nitrogens is 2. The Balaban J connectivity index is 2.54. The monoisotopic (exact) mass is 410 g/mol. The first-order chi connectivity index (χ1) is 9.82. The van der Waals surface area contributed by atoms with Crippen LogP contribution in [0, 0.1) is 0 Å². The van der Waals surface area contributed by atoms with Gasteiger partial charge in [-0.1, -0.05) is 22.6 Å². The van der Waals surface area contributed by atoms with Crippen LogP contribution in [0.1, 0.15) is 11.8 Å². The van der Waals surface area contributed by atoms with Crippen molar-refractivity contribution in [3.05, 3.63) is 36.7 Å². The van der Waals surface area contributed by atoms with E-state index in [-0.39, 0.29) is 5.56 Å². The molecule has 1 aliphatic heterocycles. The third-order valence-electron chi connectivity index (χ3n) is 3.09. The molecule has 4 atom stereocenters. The number of ether oxygens (including phenoxy) is 1. The van der Waals surface area contributed by atoms with Gasteiger partial charge in [-0.05, 0) is 10.2 Å². The highest BCUT2D eigenvalue weighted by atomic mass is 123. The minimum atomic E-state index is -3.29. The van der Waals surface area contributed by atoms with E-state index in [2.05, 4.69) is 0 Å². The number of aliphatic hydroxyl groups is 3. The molecule has 4 N–H and O–H groups in total. The Kier molecular flexibility index (Phi) is 4.63. The molecule has 0 radical (unpaired) electrons. The third-order valence-corrected chi connectivity index (χ3v) is 3.45. The number of aromatic amines is 1. The Morgan fingerprint density at radius 1 is 1.57 bits per heavy atom. The van der Waals surface area contributed by atoms with Crippen LogP contribution < -0.4 is 11.2 Å². The van der Waals surface area contributed by atoms with Crippen molar-refractivity contribution in [3.63, 3.8) is 0 Å². The fourth-order valence-electron chi connectivity index (χ4n) is 2.01. The van der Waals surface area contributed by atoms with Crippen molar-refractivity contribution in [2.45, 2.75) is 24.3 Å².